The Bertz CT molecular complexity index is 1000. The fraction of sp³-hybridized carbons (Fsp3) is 0.444. The Balaban J connectivity index is 1.43. The van der Waals surface area contributed by atoms with Crippen LogP contribution in [0, 0.1) is 5.92 Å². The fourth-order valence-electron chi connectivity index (χ4n) is 4.26. The SMILES string of the molecule is CC(CCCC(C)C(=O)NC(C)(C)C(=O)O)NC(=O)OCC1c2ccccc2-c2ccccc21. The van der Waals surface area contributed by atoms with Gasteiger partial charge in [-0.1, -0.05) is 61.9 Å². The molecule has 0 bridgehead atoms. The van der Waals surface area contributed by atoms with Gasteiger partial charge in [0.2, 0.25) is 5.91 Å². The Hall–Kier alpha value is -3.35. The first kappa shape index (κ1) is 25.3. The summed E-state index contributed by atoms with van der Waals surface area (Å²) in [6.45, 7) is 6.86. The van der Waals surface area contributed by atoms with Crippen molar-refractivity contribution >= 4 is 18.0 Å². The molecule has 0 saturated carbocycles. The third-order valence-corrected chi connectivity index (χ3v) is 6.40. The summed E-state index contributed by atoms with van der Waals surface area (Å²) in [5.41, 5.74) is 3.41. The average Bonchev–Trinajstić information content (AvgIpc) is 3.11. The van der Waals surface area contributed by atoms with Crippen LogP contribution in [0.1, 0.15) is 64.0 Å². The van der Waals surface area contributed by atoms with Crippen molar-refractivity contribution in [3.63, 3.8) is 0 Å². The van der Waals surface area contributed by atoms with E-state index in [4.69, 9.17) is 9.84 Å². The van der Waals surface area contributed by atoms with Gasteiger partial charge in [0.15, 0.2) is 0 Å². The van der Waals surface area contributed by atoms with Crippen molar-refractivity contribution in [2.75, 3.05) is 6.61 Å². The summed E-state index contributed by atoms with van der Waals surface area (Å²) in [6, 6.07) is 16.3. The maximum atomic E-state index is 12.4. The van der Waals surface area contributed by atoms with E-state index < -0.39 is 17.6 Å². The van der Waals surface area contributed by atoms with Gasteiger partial charge >= 0.3 is 12.1 Å². The number of ether oxygens (including phenoxy) is 1. The molecule has 3 rings (SSSR count). The van der Waals surface area contributed by atoms with E-state index in [1.165, 1.54) is 36.1 Å². The molecule has 2 aromatic carbocycles. The highest BCUT2D eigenvalue weighted by atomic mass is 16.5. The van der Waals surface area contributed by atoms with Crippen LogP contribution in [0.4, 0.5) is 4.79 Å². The third-order valence-electron chi connectivity index (χ3n) is 6.40. The molecule has 2 aromatic rings. The zero-order chi connectivity index (χ0) is 24.9. The van der Waals surface area contributed by atoms with E-state index in [2.05, 4.69) is 34.9 Å². The smallest absolute Gasteiger partial charge is 0.407 e. The number of carbonyl (C=O) groups excluding carboxylic acids is 2. The molecule has 0 radical (unpaired) electrons. The van der Waals surface area contributed by atoms with E-state index in [0.717, 1.165) is 0 Å². The number of hydrogen-bond donors (Lipinski definition) is 3. The number of rotatable bonds is 10. The van der Waals surface area contributed by atoms with Crippen LogP contribution in [-0.4, -0.2) is 41.3 Å². The number of benzene rings is 2. The molecule has 7 heteroatoms. The summed E-state index contributed by atoms with van der Waals surface area (Å²) >= 11 is 0. The third kappa shape index (κ3) is 5.95. The van der Waals surface area contributed by atoms with E-state index in [0.29, 0.717) is 19.3 Å². The van der Waals surface area contributed by atoms with Crippen LogP contribution in [-0.2, 0) is 14.3 Å². The first-order valence-corrected chi connectivity index (χ1v) is 11.8. The Morgan fingerprint density at radius 2 is 1.53 bits per heavy atom. The molecule has 34 heavy (non-hydrogen) atoms. The number of amides is 2. The molecule has 0 aromatic heterocycles. The highest BCUT2D eigenvalue weighted by Gasteiger charge is 2.31. The molecule has 0 heterocycles. The molecule has 1 aliphatic rings. The Kier molecular flexibility index (Phi) is 7.97. The normalized spacial score (nSPS) is 14.5. The first-order chi connectivity index (χ1) is 16.1. The van der Waals surface area contributed by atoms with Gasteiger partial charge in [0, 0.05) is 17.9 Å². The summed E-state index contributed by atoms with van der Waals surface area (Å²) in [4.78, 5) is 35.8. The lowest BCUT2D eigenvalue weighted by Gasteiger charge is -2.23. The minimum atomic E-state index is -1.30. The number of aliphatic carboxylic acids is 1. The van der Waals surface area contributed by atoms with Crippen molar-refractivity contribution < 1.29 is 24.2 Å². The molecular formula is C27H34N2O5. The van der Waals surface area contributed by atoms with Crippen LogP contribution in [0.2, 0.25) is 0 Å². The van der Waals surface area contributed by atoms with E-state index in [1.54, 1.807) is 6.92 Å². The van der Waals surface area contributed by atoms with Crippen molar-refractivity contribution in [2.45, 2.75) is 64.5 Å². The van der Waals surface area contributed by atoms with Gasteiger partial charge < -0.3 is 20.5 Å². The van der Waals surface area contributed by atoms with Gasteiger partial charge in [-0.05, 0) is 55.9 Å². The molecule has 3 N–H and O–H groups in total. The molecule has 7 nitrogen and oxygen atoms in total. The molecule has 2 unspecified atom stereocenters. The van der Waals surface area contributed by atoms with Crippen molar-refractivity contribution in [1.29, 1.82) is 0 Å². The highest BCUT2D eigenvalue weighted by Crippen LogP contribution is 2.44. The topological polar surface area (TPSA) is 105 Å². The molecule has 0 saturated heterocycles. The van der Waals surface area contributed by atoms with Crippen LogP contribution in [0.25, 0.3) is 11.1 Å². The maximum absolute atomic E-state index is 12.4. The molecule has 2 amide bonds. The lowest BCUT2D eigenvalue weighted by atomic mass is 9.98. The van der Waals surface area contributed by atoms with Gasteiger partial charge in [0.05, 0.1) is 0 Å². The number of alkyl carbamates (subject to hydrolysis) is 1. The minimum Gasteiger partial charge on any atom is -0.480 e. The second-order valence-corrected chi connectivity index (χ2v) is 9.62. The molecule has 1 aliphatic carbocycles. The quantitative estimate of drug-likeness (QED) is 0.471. The number of carbonyl (C=O) groups is 3. The number of nitrogens with one attached hydrogen (secondary N) is 2. The van der Waals surface area contributed by atoms with E-state index >= 15 is 0 Å². The Morgan fingerprint density at radius 1 is 0.971 bits per heavy atom. The highest BCUT2D eigenvalue weighted by molar-refractivity contribution is 5.87. The van der Waals surface area contributed by atoms with Crippen molar-refractivity contribution in [1.82, 2.24) is 10.6 Å². The zero-order valence-electron chi connectivity index (χ0n) is 20.3. The summed E-state index contributed by atoms with van der Waals surface area (Å²) < 4.78 is 5.58. The molecule has 0 fully saturated rings. The van der Waals surface area contributed by atoms with Crippen LogP contribution in [0.5, 0.6) is 0 Å². The zero-order valence-corrected chi connectivity index (χ0v) is 20.3. The predicted molar refractivity (Wildman–Crippen MR) is 131 cm³/mol. The number of carboxylic acids is 1. The summed E-state index contributed by atoms with van der Waals surface area (Å²) in [5, 5.41) is 14.6. The summed E-state index contributed by atoms with van der Waals surface area (Å²) in [5.74, 6) is -1.67. The van der Waals surface area contributed by atoms with Crippen LogP contribution in [0.15, 0.2) is 48.5 Å². The predicted octanol–water partition coefficient (Wildman–Crippen LogP) is 4.70. The van der Waals surface area contributed by atoms with Crippen LogP contribution < -0.4 is 10.6 Å². The van der Waals surface area contributed by atoms with Crippen molar-refractivity contribution in [3.05, 3.63) is 59.7 Å². The Morgan fingerprint density at radius 3 is 2.09 bits per heavy atom. The maximum Gasteiger partial charge on any atom is 0.407 e. The van der Waals surface area contributed by atoms with Gasteiger partial charge in [0.25, 0.3) is 0 Å². The van der Waals surface area contributed by atoms with Crippen molar-refractivity contribution in [2.24, 2.45) is 5.92 Å². The number of hydrogen-bond acceptors (Lipinski definition) is 4. The largest absolute Gasteiger partial charge is 0.480 e. The first-order valence-electron chi connectivity index (χ1n) is 11.8. The van der Waals surface area contributed by atoms with Crippen LogP contribution >= 0.6 is 0 Å². The molecule has 0 spiro atoms. The number of carboxylic acid groups (broad SMARTS) is 1. The van der Waals surface area contributed by atoms with Gasteiger partial charge in [-0.3, -0.25) is 4.79 Å². The molecular weight excluding hydrogens is 432 g/mol. The summed E-state index contributed by atoms with van der Waals surface area (Å²) in [7, 11) is 0. The van der Waals surface area contributed by atoms with Gasteiger partial charge in [-0.2, -0.15) is 0 Å². The second-order valence-electron chi connectivity index (χ2n) is 9.62. The van der Waals surface area contributed by atoms with Gasteiger partial charge in [-0.15, -0.1) is 0 Å². The second kappa shape index (κ2) is 10.7. The lowest BCUT2D eigenvalue weighted by molar-refractivity contribution is -0.146. The molecule has 182 valence electrons. The lowest BCUT2D eigenvalue weighted by Crippen LogP contribution is -2.51. The van der Waals surface area contributed by atoms with E-state index in [9.17, 15) is 14.4 Å². The Labute approximate surface area is 200 Å². The molecule has 2 atom stereocenters. The van der Waals surface area contributed by atoms with Gasteiger partial charge in [-0.25, -0.2) is 9.59 Å². The minimum absolute atomic E-state index is 0.0165. The standard InChI is InChI=1S/C27H34N2O5/c1-17(24(30)29-27(3,4)25(31)32)10-9-11-18(2)28-26(33)34-16-23-21-14-7-5-12-19(21)20-13-6-8-15-22(20)23/h5-8,12-15,17-18,23H,9-11,16H2,1-4H3,(H,28,33)(H,29,30)(H,31,32). The monoisotopic (exact) mass is 466 g/mol. The van der Waals surface area contributed by atoms with Crippen LogP contribution in [0.3, 0.4) is 0 Å². The average molecular weight is 467 g/mol. The van der Waals surface area contributed by atoms with E-state index in [1.807, 2.05) is 31.2 Å². The van der Waals surface area contributed by atoms with E-state index in [-0.39, 0.29) is 30.4 Å². The molecule has 0 aliphatic heterocycles. The van der Waals surface area contributed by atoms with Gasteiger partial charge in [0.1, 0.15) is 12.1 Å². The van der Waals surface area contributed by atoms with Crippen molar-refractivity contribution in [3.8, 4) is 11.1 Å². The fourth-order valence-corrected chi connectivity index (χ4v) is 4.26. The number of fused-ring (bicyclic) bond motifs is 3. The summed E-state index contributed by atoms with van der Waals surface area (Å²) in [6.07, 6.45) is 1.54.